The smallest absolute Gasteiger partial charge is 0.272 e. The summed E-state index contributed by atoms with van der Waals surface area (Å²) in [5, 5.41) is 14.7. The first-order valence-corrected chi connectivity index (χ1v) is 12.1. The van der Waals surface area contributed by atoms with Crippen molar-refractivity contribution >= 4 is 17.5 Å². The van der Waals surface area contributed by atoms with Crippen molar-refractivity contribution in [3.63, 3.8) is 0 Å². The van der Waals surface area contributed by atoms with E-state index in [-0.39, 0.29) is 11.9 Å². The lowest BCUT2D eigenvalue weighted by atomic mass is 10.0. The third-order valence-electron chi connectivity index (χ3n) is 6.20. The Morgan fingerprint density at radius 3 is 2.62 bits per heavy atom. The van der Waals surface area contributed by atoms with Gasteiger partial charge in [-0.15, -0.1) is 0 Å². The fraction of sp³-hybridized carbons (Fsp3) is 0.370. The first-order chi connectivity index (χ1) is 16.4. The van der Waals surface area contributed by atoms with Gasteiger partial charge in [0, 0.05) is 30.2 Å². The molecule has 6 nitrogen and oxygen atoms in total. The number of halogens is 1. The Kier molecular flexibility index (Phi) is 7.35. The summed E-state index contributed by atoms with van der Waals surface area (Å²) in [5.41, 5.74) is 5.15. The summed E-state index contributed by atoms with van der Waals surface area (Å²) in [7, 11) is 4.04. The van der Waals surface area contributed by atoms with Crippen LogP contribution in [0.15, 0.2) is 48.5 Å². The predicted octanol–water partition coefficient (Wildman–Crippen LogP) is 5.52. The van der Waals surface area contributed by atoms with Gasteiger partial charge >= 0.3 is 0 Å². The SMILES string of the molecule is CCCCC1CN(Cc2ccc(C#N)cc2)C(=O)c2cc(-c3ccc(Cl)cc3CN(C)C)nn21. The number of amides is 1. The Morgan fingerprint density at radius 2 is 1.94 bits per heavy atom. The topological polar surface area (TPSA) is 65.2 Å². The molecule has 1 unspecified atom stereocenters. The molecule has 1 aliphatic heterocycles. The van der Waals surface area contributed by atoms with Crippen molar-refractivity contribution in [1.29, 1.82) is 5.26 Å². The van der Waals surface area contributed by atoms with Crippen molar-refractivity contribution < 1.29 is 4.79 Å². The van der Waals surface area contributed by atoms with Gasteiger partial charge in [-0.3, -0.25) is 9.48 Å². The molecule has 1 amide bonds. The minimum absolute atomic E-state index is 0.0148. The van der Waals surface area contributed by atoms with Crippen LogP contribution >= 0.6 is 11.6 Å². The number of aromatic nitrogens is 2. The van der Waals surface area contributed by atoms with Crippen molar-refractivity contribution in [3.8, 4) is 17.3 Å². The normalized spacial score (nSPS) is 15.5. The molecule has 2 heterocycles. The number of hydrogen-bond donors (Lipinski definition) is 0. The van der Waals surface area contributed by atoms with E-state index in [2.05, 4.69) is 17.9 Å². The van der Waals surface area contributed by atoms with Crippen molar-refractivity contribution in [2.24, 2.45) is 0 Å². The van der Waals surface area contributed by atoms with Crippen LogP contribution in [0.25, 0.3) is 11.3 Å². The largest absolute Gasteiger partial charge is 0.331 e. The summed E-state index contributed by atoms with van der Waals surface area (Å²) in [6.45, 7) is 4.05. The van der Waals surface area contributed by atoms with Crippen molar-refractivity contribution in [1.82, 2.24) is 19.6 Å². The number of unbranched alkanes of at least 4 members (excludes halogenated alkanes) is 1. The number of benzene rings is 2. The maximum atomic E-state index is 13.5. The van der Waals surface area contributed by atoms with Crippen molar-refractivity contribution in [2.45, 2.75) is 45.3 Å². The average Bonchev–Trinajstić information content (AvgIpc) is 3.26. The summed E-state index contributed by atoms with van der Waals surface area (Å²) < 4.78 is 1.94. The van der Waals surface area contributed by atoms with Gasteiger partial charge in [0.2, 0.25) is 0 Å². The van der Waals surface area contributed by atoms with Crippen LogP contribution in [-0.4, -0.2) is 46.1 Å². The van der Waals surface area contributed by atoms with E-state index in [4.69, 9.17) is 22.0 Å². The molecule has 4 rings (SSSR count). The van der Waals surface area contributed by atoms with E-state index in [1.807, 2.05) is 60.1 Å². The molecule has 176 valence electrons. The van der Waals surface area contributed by atoms with Crippen LogP contribution in [0.5, 0.6) is 0 Å². The van der Waals surface area contributed by atoms with Crippen LogP contribution in [0.2, 0.25) is 5.02 Å². The number of carbonyl (C=O) groups is 1. The molecule has 1 atom stereocenters. The summed E-state index contributed by atoms with van der Waals surface area (Å²) in [5.74, 6) is -0.0148. The number of hydrogen-bond acceptors (Lipinski definition) is 4. The van der Waals surface area contributed by atoms with Gasteiger partial charge in [0.05, 0.1) is 23.4 Å². The highest BCUT2D eigenvalue weighted by Gasteiger charge is 2.33. The lowest BCUT2D eigenvalue weighted by molar-refractivity contribution is 0.0635. The summed E-state index contributed by atoms with van der Waals surface area (Å²) in [6, 6.07) is 17.5. The monoisotopic (exact) mass is 475 g/mol. The van der Waals surface area contributed by atoms with E-state index in [0.29, 0.717) is 29.4 Å². The number of rotatable bonds is 8. The molecular formula is C27H30ClN5O. The maximum Gasteiger partial charge on any atom is 0.272 e. The Balaban J connectivity index is 1.69. The molecule has 34 heavy (non-hydrogen) atoms. The zero-order valence-corrected chi connectivity index (χ0v) is 20.7. The minimum atomic E-state index is -0.0148. The van der Waals surface area contributed by atoms with E-state index in [0.717, 1.165) is 48.2 Å². The van der Waals surface area contributed by atoms with Crippen LogP contribution in [-0.2, 0) is 13.1 Å². The van der Waals surface area contributed by atoms with Crippen LogP contribution in [0, 0.1) is 11.3 Å². The lowest BCUT2D eigenvalue weighted by Crippen LogP contribution is -2.42. The molecule has 0 saturated carbocycles. The quantitative estimate of drug-likeness (QED) is 0.430. The molecule has 0 saturated heterocycles. The lowest BCUT2D eigenvalue weighted by Gasteiger charge is -2.33. The molecule has 1 aliphatic rings. The standard InChI is InChI=1S/C27H30ClN5O/c1-4-5-6-23-18-32(16-20-9-7-19(15-29)8-10-20)27(34)26-14-25(30-33(23)26)24-12-11-22(28)13-21(24)17-31(2)3/h7-14,23H,4-6,16-18H2,1-3H3. The molecule has 0 fully saturated rings. The second kappa shape index (κ2) is 10.4. The van der Waals surface area contributed by atoms with Crippen LogP contribution in [0.1, 0.15) is 59.4 Å². The highest BCUT2D eigenvalue weighted by Crippen LogP contribution is 2.32. The second-order valence-corrected chi connectivity index (χ2v) is 9.63. The maximum absolute atomic E-state index is 13.5. The Hall–Kier alpha value is -3.14. The first-order valence-electron chi connectivity index (χ1n) is 11.7. The third kappa shape index (κ3) is 5.16. The minimum Gasteiger partial charge on any atom is -0.331 e. The Bertz CT molecular complexity index is 1210. The molecule has 1 aromatic heterocycles. The van der Waals surface area contributed by atoms with Gasteiger partial charge in [-0.1, -0.05) is 49.6 Å². The van der Waals surface area contributed by atoms with Gasteiger partial charge < -0.3 is 9.80 Å². The molecule has 0 N–H and O–H groups in total. The number of carbonyl (C=O) groups excluding carboxylic acids is 1. The summed E-state index contributed by atoms with van der Waals surface area (Å²) in [6.07, 6.45) is 3.13. The van der Waals surface area contributed by atoms with Gasteiger partial charge in [-0.05, 0) is 62.0 Å². The fourth-order valence-corrected chi connectivity index (χ4v) is 4.71. The van der Waals surface area contributed by atoms with Crippen LogP contribution in [0.3, 0.4) is 0 Å². The number of nitrogens with zero attached hydrogens (tertiary/aromatic N) is 5. The molecule has 7 heteroatoms. The van der Waals surface area contributed by atoms with E-state index < -0.39 is 0 Å². The molecule has 0 spiro atoms. The number of fused-ring (bicyclic) bond motifs is 1. The zero-order valence-electron chi connectivity index (χ0n) is 20.0. The van der Waals surface area contributed by atoms with E-state index in [1.165, 1.54) is 0 Å². The highest BCUT2D eigenvalue weighted by atomic mass is 35.5. The molecule has 0 aliphatic carbocycles. The molecule has 0 bridgehead atoms. The third-order valence-corrected chi connectivity index (χ3v) is 6.43. The summed E-state index contributed by atoms with van der Waals surface area (Å²) >= 11 is 6.28. The van der Waals surface area contributed by atoms with Gasteiger partial charge in [-0.25, -0.2) is 0 Å². The highest BCUT2D eigenvalue weighted by molar-refractivity contribution is 6.30. The molecule has 0 radical (unpaired) electrons. The molecule has 2 aromatic carbocycles. The Morgan fingerprint density at radius 1 is 1.18 bits per heavy atom. The van der Waals surface area contributed by atoms with Crippen LogP contribution < -0.4 is 0 Å². The van der Waals surface area contributed by atoms with Crippen molar-refractivity contribution in [2.75, 3.05) is 20.6 Å². The van der Waals surface area contributed by atoms with E-state index >= 15 is 0 Å². The van der Waals surface area contributed by atoms with Gasteiger partial charge in [0.15, 0.2) is 0 Å². The van der Waals surface area contributed by atoms with Crippen LogP contribution in [0.4, 0.5) is 0 Å². The Labute approximate surface area is 206 Å². The van der Waals surface area contributed by atoms with E-state index in [9.17, 15) is 4.79 Å². The zero-order chi connectivity index (χ0) is 24.2. The fourth-order valence-electron chi connectivity index (χ4n) is 4.52. The van der Waals surface area contributed by atoms with Gasteiger partial charge in [0.25, 0.3) is 5.91 Å². The molecular weight excluding hydrogens is 446 g/mol. The average molecular weight is 476 g/mol. The number of nitriles is 1. The predicted molar refractivity (Wildman–Crippen MR) is 135 cm³/mol. The first kappa shape index (κ1) is 24.0. The molecule has 3 aromatic rings. The second-order valence-electron chi connectivity index (χ2n) is 9.19. The van der Waals surface area contributed by atoms with Gasteiger partial charge in [0.1, 0.15) is 5.69 Å². The summed E-state index contributed by atoms with van der Waals surface area (Å²) in [4.78, 5) is 17.5. The van der Waals surface area contributed by atoms with Gasteiger partial charge in [-0.2, -0.15) is 10.4 Å². The van der Waals surface area contributed by atoms with Crippen molar-refractivity contribution in [3.05, 3.63) is 75.9 Å². The van der Waals surface area contributed by atoms with E-state index in [1.54, 1.807) is 12.1 Å².